The van der Waals surface area contributed by atoms with Crippen molar-refractivity contribution in [3.05, 3.63) is 36.0 Å². The van der Waals surface area contributed by atoms with E-state index in [-0.39, 0.29) is 0 Å². The van der Waals surface area contributed by atoms with Gasteiger partial charge < -0.3 is 21.2 Å². The highest BCUT2D eigenvalue weighted by Gasteiger charge is 2.13. The van der Waals surface area contributed by atoms with E-state index in [1.807, 2.05) is 0 Å². The third-order valence-corrected chi connectivity index (χ3v) is 4.93. The van der Waals surface area contributed by atoms with Gasteiger partial charge >= 0.3 is 0 Å². The van der Waals surface area contributed by atoms with Crippen molar-refractivity contribution in [3.63, 3.8) is 0 Å². The number of amidine groups is 1. The molecule has 0 spiro atoms. The van der Waals surface area contributed by atoms with E-state index in [1.54, 1.807) is 13.4 Å². The molecule has 2 aliphatic carbocycles. The lowest BCUT2D eigenvalue weighted by Crippen LogP contribution is -2.27. The van der Waals surface area contributed by atoms with Crippen LogP contribution < -0.4 is 11.1 Å². The summed E-state index contributed by atoms with van der Waals surface area (Å²) >= 11 is 0. The highest BCUT2D eigenvalue weighted by Crippen LogP contribution is 2.20. The maximum absolute atomic E-state index is 7.26. The Morgan fingerprint density at radius 1 is 1.38 bits per heavy atom. The van der Waals surface area contributed by atoms with Gasteiger partial charge in [-0.25, -0.2) is 0 Å². The van der Waals surface area contributed by atoms with E-state index >= 15 is 0 Å². The molecule has 29 heavy (non-hydrogen) atoms. The molecule has 2 rings (SSSR count). The topological polar surface area (TPSA) is 95.9 Å². The molecule has 0 aliphatic heterocycles. The fraction of sp³-hybridized carbons (Fsp3) is 0.609. The highest BCUT2D eigenvalue weighted by molar-refractivity contribution is 6.16. The number of rotatable bonds is 9. The van der Waals surface area contributed by atoms with E-state index in [4.69, 9.17) is 15.9 Å². The molecule has 0 aromatic heterocycles. The Balaban J connectivity index is 0.000000326. The summed E-state index contributed by atoms with van der Waals surface area (Å²) in [4.78, 5) is 8.72. The largest absolute Gasteiger partial charge is 0.385 e. The first kappa shape index (κ1) is 25.0. The molecule has 0 radical (unpaired) electrons. The maximum atomic E-state index is 7.26. The zero-order valence-electron chi connectivity index (χ0n) is 18.2. The molecule has 1 fully saturated rings. The van der Waals surface area contributed by atoms with Gasteiger partial charge in [0.2, 0.25) is 0 Å². The summed E-state index contributed by atoms with van der Waals surface area (Å²) in [6.07, 6.45) is 17.9. The maximum Gasteiger partial charge on any atom is 0.134 e. The Morgan fingerprint density at radius 3 is 2.76 bits per heavy atom. The molecule has 6 heteroatoms. The van der Waals surface area contributed by atoms with Crippen LogP contribution in [0.1, 0.15) is 51.9 Å². The van der Waals surface area contributed by atoms with Crippen LogP contribution in [-0.2, 0) is 4.74 Å². The Bertz CT molecular complexity index is 600. The molecule has 1 atom stereocenters. The van der Waals surface area contributed by atoms with Gasteiger partial charge in [-0.3, -0.25) is 9.98 Å². The first-order chi connectivity index (χ1) is 14.1. The van der Waals surface area contributed by atoms with Gasteiger partial charge in [-0.15, -0.1) is 0 Å². The smallest absolute Gasteiger partial charge is 0.134 e. The van der Waals surface area contributed by atoms with Crippen LogP contribution in [0.25, 0.3) is 0 Å². The second kappa shape index (κ2) is 15.8. The van der Waals surface area contributed by atoms with Crippen LogP contribution in [0.5, 0.6) is 0 Å². The lowest BCUT2D eigenvalue weighted by atomic mass is 9.94. The summed E-state index contributed by atoms with van der Waals surface area (Å²) in [5, 5.41) is 10.3. The van der Waals surface area contributed by atoms with Crippen LogP contribution in [0, 0.1) is 11.3 Å². The second-order valence-corrected chi connectivity index (χ2v) is 7.50. The molecule has 2 aliphatic rings. The molecule has 0 aromatic carbocycles. The number of nitrogens with zero attached hydrogens (tertiary/aromatic N) is 2. The van der Waals surface area contributed by atoms with Crippen LogP contribution in [0.15, 0.2) is 45.9 Å². The first-order valence-electron chi connectivity index (χ1n) is 10.7. The lowest BCUT2D eigenvalue weighted by Gasteiger charge is -2.19. The van der Waals surface area contributed by atoms with E-state index in [0.29, 0.717) is 36.5 Å². The van der Waals surface area contributed by atoms with E-state index < -0.39 is 0 Å². The van der Waals surface area contributed by atoms with E-state index in [1.165, 1.54) is 37.5 Å². The Kier molecular flexibility index (Phi) is 13.6. The van der Waals surface area contributed by atoms with Gasteiger partial charge in [0.05, 0.1) is 18.9 Å². The number of nitrogens with two attached hydrogens (primary N) is 1. The number of ether oxygens (including phenoxy) is 1. The summed E-state index contributed by atoms with van der Waals surface area (Å²) < 4.78 is 5.03. The molecule has 0 saturated heterocycles. The van der Waals surface area contributed by atoms with E-state index in [2.05, 4.69) is 47.0 Å². The highest BCUT2D eigenvalue weighted by atomic mass is 16.5. The Hall–Kier alpha value is -2.05. The molecule has 0 heterocycles. The average molecular weight is 402 g/mol. The Labute approximate surface area is 176 Å². The summed E-state index contributed by atoms with van der Waals surface area (Å²) in [7, 11) is 1.76. The summed E-state index contributed by atoms with van der Waals surface area (Å²) in [5.74, 6) is 1.36. The Morgan fingerprint density at radius 2 is 2.14 bits per heavy atom. The molecular weight excluding hydrogens is 362 g/mol. The standard InChI is InChI=1S/C13H23N5.C10H16O/c1-11(9-15)13(17-10-16-8-7-14)18-12-5-3-2-4-6-12;1-9-4-3-5-10(8-9)6-7-11-2/h9-10,12,15H,1-8,14H2,(H,16,17,18);3-4,8,10H,5-7H2,1-2H3. The fourth-order valence-electron chi connectivity index (χ4n) is 3.31. The number of hydrogen-bond acceptors (Lipinski definition) is 5. The van der Waals surface area contributed by atoms with Gasteiger partial charge in [-0.2, -0.15) is 0 Å². The van der Waals surface area contributed by atoms with Crippen LogP contribution >= 0.6 is 0 Å². The number of aliphatic imine (C=N–C) groups is 2. The van der Waals surface area contributed by atoms with Crippen molar-refractivity contribution >= 4 is 18.4 Å². The van der Waals surface area contributed by atoms with E-state index in [9.17, 15) is 0 Å². The minimum Gasteiger partial charge on any atom is -0.385 e. The van der Waals surface area contributed by atoms with Crippen molar-refractivity contribution in [3.8, 4) is 0 Å². The normalized spacial score (nSPS) is 20.0. The lowest BCUT2D eigenvalue weighted by molar-refractivity contribution is 0.184. The number of hydrogen-bond donors (Lipinski definition) is 3. The van der Waals surface area contributed by atoms with Crippen LogP contribution in [-0.4, -0.2) is 51.2 Å². The predicted octanol–water partition coefficient (Wildman–Crippen LogP) is 4.05. The van der Waals surface area contributed by atoms with Gasteiger partial charge in [0.25, 0.3) is 0 Å². The van der Waals surface area contributed by atoms with E-state index in [0.717, 1.165) is 25.9 Å². The molecule has 6 nitrogen and oxygen atoms in total. The number of nitrogens with one attached hydrogen (secondary N) is 2. The zero-order chi connectivity index (χ0) is 21.3. The van der Waals surface area contributed by atoms with Crippen LogP contribution in [0.4, 0.5) is 0 Å². The molecule has 4 N–H and O–H groups in total. The van der Waals surface area contributed by atoms with Crippen molar-refractivity contribution < 1.29 is 4.74 Å². The van der Waals surface area contributed by atoms with Gasteiger partial charge in [-0.05, 0) is 38.5 Å². The third-order valence-electron chi connectivity index (χ3n) is 4.93. The summed E-state index contributed by atoms with van der Waals surface area (Å²) in [5.41, 5.74) is 7.32. The van der Waals surface area contributed by atoms with Gasteiger partial charge in [0, 0.05) is 32.0 Å². The molecule has 162 valence electrons. The summed E-state index contributed by atoms with van der Waals surface area (Å²) in [6, 6.07) is 0.348. The summed E-state index contributed by atoms with van der Waals surface area (Å²) in [6.45, 7) is 7.95. The van der Waals surface area contributed by atoms with Crippen molar-refractivity contribution in [1.82, 2.24) is 5.32 Å². The van der Waals surface area contributed by atoms with Crippen molar-refractivity contribution in [2.75, 3.05) is 26.8 Å². The van der Waals surface area contributed by atoms with Crippen molar-refractivity contribution in [2.45, 2.75) is 57.9 Å². The van der Waals surface area contributed by atoms with Crippen molar-refractivity contribution in [2.24, 2.45) is 21.6 Å². The SMILES string of the molecule is C=C(C=N)C(=NC1CCCCC1)NC=NCCN.COCCC1C=C(C)C=CC1. The molecular formula is C23H39N5O. The monoisotopic (exact) mass is 401 g/mol. The molecule has 1 saturated carbocycles. The number of allylic oxidation sites excluding steroid dienone is 4. The first-order valence-corrected chi connectivity index (χ1v) is 10.7. The predicted molar refractivity (Wildman–Crippen MR) is 125 cm³/mol. The minimum atomic E-state index is 0.348. The average Bonchev–Trinajstić information content (AvgIpc) is 2.75. The molecule has 0 aromatic rings. The second-order valence-electron chi connectivity index (χ2n) is 7.50. The van der Waals surface area contributed by atoms with Crippen LogP contribution in [0.3, 0.4) is 0 Å². The van der Waals surface area contributed by atoms with Crippen molar-refractivity contribution in [1.29, 1.82) is 5.41 Å². The van der Waals surface area contributed by atoms with Gasteiger partial charge in [0.1, 0.15) is 5.84 Å². The quantitative estimate of drug-likeness (QED) is 0.402. The molecule has 0 amide bonds. The third kappa shape index (κ3) is 11.5. The van der Waals surface area contributed by atoms with Crippen LogP contribution in [0.2, 0.25) is 0 Å². The zero-order valence-corrected chi connectivity index (χ0v) is 18.2. The number of methoxy groups -OCH3 is 1. The van der Waals surface area contributed by atoms with Gasteiger partial charge in [-0.1, -0.05) is 49.6 Å². The fourth-order valence-corrected chi connectivity index (χ4v) is 3.31. The minimum absolute atomic E-state index is 0.348. The molecule has 1 unspecified atom stereocenters. The molecule has 0 bridgehead atoms. The van der Waals surface area contributed by atoms with Gasteiger partial charge in [0.15, 0.2) is 0 Å².